The van der Waals surface area contributed by atoms with Crippen molar-refractivity contribution in [1.29, 1.82) is 0 Å². The van der Waals surface area contributed by atoms with Gasteiger partial charge >= 0.3 is 0 Å². The average molecular weight is 244 g/mol. The Hall–Kier alpha value is -2.23. The van der Waals surface area contributed by atoms with Crippen LogP contribution in [-0.2, 0) is 11.2 Å². The fourth-order valence-corrected chi connectivity index (χ4v) is 1.58. The Bertz CT molecular complexity index is 525. The lowest BCUT2D eigenvalue weighted by Gasteiger charge is -2.15. The summed E-state index contributed by atoms with van der Waals surface area (Å²) < 4.78 is 12.7. The van der Waals surface area contributed by atoms with Crippen molar-refractivity contribution in [3.05, 3.63) is 60.0 Å². The number of anilines is 1. The number of aromatic nitrogens is 1. The van der Waals surface area contributed by atoms with E-state index in [0.29, 0.717) is 5.82 Å². The fourth-order valence-electron chi connectivity index (χ4n) is 1.58. The molecule has 1 aromatic carbocycles. The van der Waals surface area contributed by atoms with Gasteiger partial charge in [0.1, 0.15) is 11.6 Å². The lowest BCUT2D eigenvalue weighted by atomic mass is 10.1. The molecule has 2 rings (SSSR count). The average Bonchev–Trinajstić information content (AvgIpc) is 2.41. The number of carbonyl (C=O) groups excluding carboxylic acids is 1. The molecule has 1 heterocycles. The Kier molecular flexibility index (Phi) is 3.67. The number of benzene rings is 1. The summed E-state index contributed by atoms with van der Waals surface area (Å²) in [6.07, 6.45) is 1.87. The molecular weight excluding hydrogens is 231 g/mol. The van der Waals surface area contributed by atoms with Crippen LogP contribution in [0.2, 0.25) is 0 Å². The first-order valence-electron chi connectivity index (χ1n) is 5.59. The molecule has 0 aliphatic carbocycles. The maximum atomic E-state index is 12.7. The van der Waals surface area contributed by atoms with Crippen molar-refractivity contribution >= 4 is 11.7 Å². The van der Waals surface area contributed by atoms with Crippen LogP contribution in [0.3, 0.4) is 0 Å². The number of rotatable bonds is 3. The van der Waals surface area contributed by atoms with Gasteiger partial charge in [0, 0.05) is 13.2 Å². The largest absolute Gasteiger partial charge is 0.300 e. The van der Waals surface area contributed by atoms with Gasteiger partial charge in [-0.25, -0.2) is 9.37 Å². The van der Waals surface area contributed by atoms with Crippen LogP contribution in [-0.4, -0.2) is 17.9 Å². The first-order chi connectivity index (χ1) is 8.66. The Morgan fingerprint density at radius 1 is 1.22 bits per heavy atom. The molecule has 0 saturated carbocycles. The second-order valence-electron chi connectivity index (χ2n) is 3.94. The van der Waals surface area contributed by atoms with E-state index in [1.165, 1.54) is 17.0 Å². The highest BCUT2D eigenvalue weighted by molar-refractivity contribution is 5.93. The van der Waals surface area contributed by atoms with Crippen LogP contribution >= 0.6 is 0 Å². The Morgan fingerprint density at radius 3 is 2.56 bits per heavy atom. The third-order valence-corrected chi connectivity index (χ3v) is 2.64. The summed E-state index contributed by atoms with van der Waals surface area (Å²) in [5, 5.41) is 0. The summed E-state index contributed by atoms with van der Waals surface area (Å²) in [4.78, 5) is 17.6. The molecule has 0 N–H and O–H groups in total. The number of likely N-dealkylation sites (N-methyl/N-ethyl adjacent to an activating group) is 1. The van der Waals surface area contributed by atoms with Crippen molar-refractivity contribution in [2.75, 3.05) is 11.9 Å². The second-order valence-corrected chi connectivity index (χ2v) is 3.94. The van der Waals surface area contributed by atoms with Crippen molar-refractivity contribution in [1.82, 2.24) is 4.98 Å². The predicted octanol–water partition coefficient (Wildman–Crippen LogP) is 2.43. The summed E-state index contributed by atoms with van der Waals surface area (Å²) in [5.41, 5.74) is 0.782. The molecule has 0 fully saturated rings. The number of pyridine rings is 1. The molecule has 0 aliphatic rings. The molecule has 0 unspecified atom stereocenters. The van der Waals surface area contributed by atoms with E-state index >= 15 is 0 Å². The summed E-state index contributed by atoms with van der Waals surface area (Å²) in [5.74, 6) is 0.217. The predicted molar refractivity (Wildman–Crippen MR) is 67.8 cm³/mol. The summed E-state index contributed by atoms with van der Waals surface area (Å²) in [6.45, 7) is 0. The Morgan fingerprint density at radius 2 is 1.94 bits per heavy atom. The SMILES string of the molecule is CN(C(=O)Cc1ccc(F)cc1)c1ccccn1. The van der Waals surface area contributed by atoms with Crippen LogP contribution in [0.25, 0.3) is 0 Å². The number of hydrogen-bond donors (Lipinski definition) is 0. The molecule has 3 nitrogen and oxygen atoms in total. The zero-order valence-electron chi connectivity index (χ0n) is 10.0. The van der Waals surface area contributed by atoms with E-state index in [1.54, 1.807) is 37.5 Å². The normalized spacial score (nSPS) is 10.1. The fraction of sp³-hybridized carbons (Fsp3) is 0.143. The lowest BCUT2D eigenvalue weighted by Crippen LogP contribution is -2.28. The molecular formula is C14H13FN2O. The molecule has 1 amide bonds. The second kappa shape index (κ2) is 5.40. The van der Waals surface area contributed by atoms with Crippen LogP contribution in [0.5, 0.6) is 0 Å². The van der Waals surface area contributed by atoms with Crippen LogP contribution in [0.15, 0.2) is 48.7 Å². The molecule has 0 bridgehead atoms. The quantitative estimate of drug-likeness (QED) is 0.830. The molecule has 0 spiro atoms. The number of hydrogen-bond acceptors (Lipinski definition) is 2. The number of halogens is 1. The van der Waals surface area contributed by atoms with E-state index in [2.05, 4.69) is 4.98 Å². The highest BCUT2D eigenvalue weighted by Gasteiger charge is 2.12. The molecule has 2 aromatic rings. The lowest BCUT2D eigenvalue weighted by molar-refractivity contribution is -0.117. The Labute approximate surface area is 105 Å². The van der Waals surface area contributed by atoms with E-state index in [-0.39, 0.29) is 18.1 Å². The molecule has 1 aromatic heterocycles. The minimum absolute atomic E-state index is 0.0830. The van der Waals surface area contributed by atoms with E-state index in [1.807, 2.05) is 6.07 Å². The van der Waals surface area contributed by atoms with E-state index in [9.17, 15) is 9.18 Å². The molecule has 18 heavy (non-hydrogen) atoms. The maximum Gasteiger partial charge on any atom is 0.232 e. The minimum atomic E-state index is -0.302. The molecule has 0 radical (unpaired) electrons. The summed E-state index contributed by atoms with van der Waals surface area (Å²) in [6, 6.07) is 11.3. The van der Waals surface area contributed by atoms with Crippen molar-refractivity contribution in [3.8, 4) is 0 Å². The highest BCUT2D eigenvalue weighted by Crippen LogP contribution is 2.10. The van der Waals surface area contributed by atoms with Gasteiger partial charge in [0.05, 0.1) is 6.42 Å². The van der Waals surface area contributed by atoms with Gasteiger partial charge in [-0.2, -0.15) is 0 Å². The van der Waals surface area contributed by atoms with Gasteiger partial charge in [-0.05, 0) is 29.8 Å². The van der Waals surface area contributed by atoms with Crippen molar-refractivity contribution < 1.29 is 9.18 Å². The molecule has 92 valence electrons. The van der Waals surface area contributed by atoms with Crippen LogP contribution in [0.4, 0.5) is 10.2 Å². The maximum absolute atomic E-state index is 12.7. The van der Waals surface area contributed by atoms with Gasteiger partial charge in [0.2, 0.25) is 5.91 Å². The minimum Gasteiger partial charge on any atom is -0.300 e. The third-order valence-electron chi connectivity index (χ3n) is 2.64. The smallest absolute Gasteiger partial charge is 0.232 e. The van der Waals surface area contributed by atoms with Crippen molar-refractivity contribution in [2.24, 2.45) is 0 Å². The highest BCUT2D eigenvalue weighted by atomic mass is 19.1. The van der Waals surface area contributed by atoms with Gasteiger partial charge in [-0.15, -0.1) is 0 Å². The molecule has 0 saturated heterocycles. The summed E-state index contributed by atoms with van der Waals surface area (Å²) in [7, 11) is 1.67. The third kappa shape index (κ3) is 2.91. The van der Waals surface area contributed by atoms with Crippen LogP contribution < -0.4 is 4.90 Å². The first-order valence-corrected chi connectivity index (χ1v) is 5.59. The summed E-state index contributed by atoms with van der Waals surface area (Å²) >= 11 is 0. The zero-order valence-corrected chi connectivity index (χ0v) is 10.0. The zero-order chi connectivity index (χ0) is 13.0. The van der Waals surface area contributed by atoms with Crippen molar-refractivity contribution in [3.63, 3.8) is 0 Å². The molecule has 0 atom stereocenters. The molecule has 0 aliphatic heterocycles. The number of amides is 1. The van der Waals surface area contributed by atoms with E-state index in [0.717, 1.165) is 5.56 Å². The van der Waals surface area contributed by atoms with Gasteiger partial charge in [0.25, 0.3) is 0 Å². The number of nitrogens with zero attached hydrogens (tertiary/aromatic N) is 2. The standard InChI is InChI=1S/C14H13FN2O/c1-17(13-4-2-3-9-16-13)14(18)10-11-5-7-12(15)8-6-11/h2-9H,10H2,1H3. The van der Waals surface area contributed by atoms with Gasteiger partial charge < -0.3 is 0 Å². The first kappa shape index (κ1) is 12.2. The van der Waals surface area contributed by atoms with Crippen LogP contribution in [0.1, 0.15) is 5.56 Å². The van der Waals surface area contributed by atoms with Gasteiger partial charge in [-0.3, -0.25) is 9.69 Å². The van der Waals surface area contributed by atoms with Gasteiger partial charge in [0.15, 0.2) is 0 Å². The van der Waals surface area contributed by atoms with Crippen molar-refractivity contribution in [2.45, 2.75) is 6.42 Å². The number of carbonyl (C=O) groups is 1. The molecule has 4 heteroatoms. The Balaban J connectivity index is 2.06. The van der Waals surface area contributed by atoms with E-state index in [4.69, 9.17) is 0 Å². The monoisotopic (exact) mass is 244 g/mol. The van der Waals surface area contributed by atoms with Crippen LogP contribution in [0, 0.1) is 5.82 Å². The topological polar surface area (TPSA) is 33.2 Å². The van der Waals surface area contributed by atoms with Gasteiger partial charge in [-0.1, -0.05) is 18.2 Å². The van der Waals surface area contributed by atoms with E-state index < -0.39 is 0 Å².